The lowest BCUT2D eigenvalue weighted by Crippen LogP contribution is -2.23. The second-order valence-corrected chi connectivity index (χ2v) is 6.94. The summed E-state index contributed by atoms with van der Waals surface area (Å²) >= 11 is 3.05. The molecule has 0 atom stereocenters. The number of hydrogen-bond acceptors (Lipinski definition) is 7. The van der Waals surface area contributed by atoms with Gasteiger partial charge in [-0.1, -0.05) is 6.07 Å². The maximum Gasteiger partial charge on any atom is 0.271 e. The standard InChI is InChI=1S/C17H13N3O3S2/c1-22-10-4-5-13-11(7-10)19-15(23-13)8-18-16(21)12-9-25-17(20-12)14-3-2-6-24-14/h2-7,9H,8H2,1H3,(H,18,21). The summed E-state index contributed by atoms with van der Waals surface area (Å²) in [4.78, 5) is 22.1. The third-order valence-electron chi connectivity index (χ3n) is 3.51. The monoisotopic (exact) mass is 371 g/mol. The number of carbonyl (C=O) groups is 1. The van der Waals surface area contributed by atoms with Gasteiger partial charge >= 0.3 is 0 Å². The Morgan fingerprint density at radius 1 is 1.28 bits per heavy atom. The minimum absolute atomic E-state index is 0.196. The molecule has 3 heterocycles. The molecular weight excluding hydrogens is 358 g/mol. The molecule has 0 saturated carbocycles. The van der Waals surface area contributed by atoms with Crippen molar-refractivity contribution in [3.8, 4) is 15.6 Å². The summed E-state index contributed by atoms with van der Waals surface area (Å²) in [5, 5.41) is 7.36. The summed E-state index contributed by atoms with van der Waals surface area (Å²) in [5.74, 6) is 0.893. The highest BCUT2D eigenvalue weighted by atomic mass is 32.1. The van der Waals surface area contributed by atoms with Gasteiger partial charge in [0, 0.05) is 11.4 Å². The molecule has 0 unspecified atom stereocenters. The van der Waals surface area contributed by atoms with Crippen LogP contribution in [0.15, 0.2) is 45.5 Å². The lowest BCUT2D eigenvalue weighted by Gasteiger charge is -1.98. The van der Waals surface area contributed by atoms with E-state index in [-0.39, 0.29) is 12.5 Å². The Bertz CT molecular complexity index is 1020. The summed E-state index contributed by atoms with van der Waals surface area (Å²) in [7, 11) is 1.60. The van der Waals surface area contributed by atoms with Crippen molar-refractivity contribution in [1.29, 1.82) is 0 Å². The second kappa shape index (κ2) is 6.66. The van der Waals surface area contributed by atoms with Gasteiger partial charge in [0.1, 0.15) is 22.0 Å². The van der Waals surface area contributed by atoms with Gasteiger partial charge in [-0.15, -0.1) is 22.7 Å². The van der Waals surface area contributed by atoms with E-state index in [1.54, 1.807) is 42.0 Å². The molecule has 0 aliphatic rings. The molecule has 0 bridgehead atoms. The largest absolute Gasteiger partial charge is 0.497 e. The topological polar surface area (TPSA) is 77.2 Å². The number of oxazole rings is 1. The Labute approximate surface area is 151 Å². The number of benzene rings is 1. The fraction of sp³-hybridized carbons (Fsp3) is 0.118. The number of aromatic nitrogens is 2. The first-order valence-electron chi connectivity index (χ1n) is 7.44. The summed E-state index contributed by atoms with van der Waals surface area (Å²) in [6, 6.07) is 9.33. The Morgan fingerprint density at radius 2 is 2.20 bits per heavy atom. The fourth-order valence-electron chi connectivity index (χ4n) is 2.30. The molecule has 6 nitrogen and oxygen atoms in total. The molecule has 1 N–H and O–H groups in total. The lowest BCUT2D eigenvalue weighted by molar-refractivity contribution is 0.0943. The van der Waals surface area contributed by atoms with E-state index >= 15 is 0 Å². The molecule has 0 fully saturated rings. The maximum atomic E-state index is 12.3. The van der Waals surface area contributed by atoms with Crippen LogP contribution in [0.3, 0.4) is 0 Å². The molecule has 0 aliphatic carbocycles. The summed E-state index contributed by atoms with van der Waals surface area (Å²) in [6.07, 6.45) is 0. The number of ether oxygens (including phenoxy) is 1. The predicted octanol–water partition coefficient (Wildman–Crippen LogP) is 3.95. The van der Waals surface area contributed by atoms with Gasteiger partial charge in [-0.2, -0.15) is 0 Å². The van der Waals surface area contributed by atoms with Crippen LogP contribution in [-0.2, 0) is 6.54 Å². The molecule has 4 aromatic rings. The zero-order chi connectivity index (χ0) is 17.2. The highest BCUT2D eigenvalue weighted by Gasteiger charge is 2.14. The molecule has 8 heteroatoms. The van der Waals surface area contributed by atoms with Gasteiger partial charge in [-0.3, -0.25) is 4.79 Å². The number of nitrogens with zero attached hydrogens (tertiary/aromatic N) is 2. The van der Waals surface area contributed by atoms with E-state index in [4.69, 9.17) is 9.15 Å². The van der Waals surface area contributed by atoms with Gasteiger partial charge in [0.05, 0.1) is 18.5 Å². The molecule has 25 heavy (non-hydrogen) atoms. The number of rotatable bonds is 5. The normalized spacial score (nSPS) is 10.9. The summed E-state index contributed by atoms with van der Waals surface area (Å²) in [5.41, 5.74) is 1.74. The predicted molar refractivity (Wildman–Crippen MR) is 97.2 cm³/mol. The molecule has 1 amide bonds. The average molecular weight is 371 g/mol. The molecule has 0 spiro atoms. The molecule has 4 rings (SSSR count). The molecule has 3 aromatic heterocycles. The number of methoxy groups -OCH3 is 1. The van der Waals surface area contributed by atoms with Crippen LogP contribution in [0, 0.1) is 0 Å². The van der Waals surface area contributed by atoms with E-state index in [0.29, 0.717) is 28.4 Å². The molecular formula is C17H13N3O3S2. The van der Waals surface area contributed by atoms with E-state index in [1.165, 1.54) is 11.3 Å². The third-order valence-corrected chi connectivity index (χ3v) is 5.39. The SMILES string of the molecule is COc1ccc2oc(CNC(=O)c3csc(-c4cccs4)n3)nc2c1. The zero-order valence-electron chi connectivity index (χ0n) is 13.2. The van der Waals surface area contributed by atoms with Crippen LogP contribution in [0.5, 0.6) is 5.75 Å². The Balaban J connectivity index is 1.45. The molecule has 0 saturated heterocycles. The Hall–Kier alpha value is -2.71. The summed E-state index contributed by atoms with van der Waals surface area (Å²) < 4.78 is 10.8. The number of carbonyl (C=O) groups excluding carboxylic acids is 1. The van der Waals surface area contributed by atoms with Crippen molar-refractivity contribution >= 4 is 39.7 Å². The number of thiazole rings is 1. The van der Waals surface area contributed by atoms with Crippen LogP contribution in [0.25, 0.3) is 21.0 Å². The fourth-order valence-corrected chi connectivity index (χ4v) is 3.91. The maximum absolute atomic E-state index is 12.3. The van der Waals surface area contributed by atoms with Crippen LogP contribution >= 0.6 is 22.7 Å². The minimum atomic E-state index is -0.251. The van der Waals surface area contributed by atoms with E-state index < -0.39 is 0 Å². The van der Waals surface area contributed by atoms with Crippen molar-refractivity contribution in [2.45, 2.75) is 6.54 Å². The van der Waals surface area contributed by atoms with Gasteiger partial charge in [-0.25, -0.2) is 9.97 Å². The van der Waals surface area contributed by atoms with Crippen molar-refractivity contribution in [2.24, 2.45) is 0 Å². The average Bonchev–Trinajstić information content (AvgIpc) is 3.38. The first-order valence-corrected chi connectivity index (χ1v) is 9.20. The number of amides is 1. The first-order chi connectivity index (χ1) is 12.2. The van der Waals surface area contributed by atoms with Crippen molar-refractivity contribution in [1.82, 2.24) is 15.3 Å². The van der Waals surface area contributed by atoms with E-state index in [1.807, 2.05) is 17.5 Å². The van der Waals surface area contributed by atoms with Crippen LogP contribution in [0.2, 0.25) is 0 Å². The van der Waals surface area contributed by atoms with E-state index in [2.05, 4.69) is 15.3 Å². The highest BCUT2D eigenvalue weighted by molar-refractivity contribution is 7.20. The van der Waals surface area contributed by atoms with Gasteiger partial charge in [-0.05, 0) is 23.6 Å². The number of nitrogens with one attached hydrogen (secondary N) is 1. The number of fused-ring (bicyclic) bond motifs is 1. The van der Waals surface area contributed by atoms with Crippen molar-refractivity contribution < 1.29 is 13.9 Å². The second-order valence-electron chi connectivity index (χ2n) is 5.14. The molecule has 0 aliphatic heterocycles. The van der Waals surface area contributed by atoms with E-state index in [0.717, 1.165) is 9.88 Å². The number of hydrogen-bond donors (Lipinski definition) is 1. The van der Waals surface area contributed by atoms with Gasteiger partial charge in [0.15, 0.2) is 5.58 Å². The van der Waals surface area contributed by atoms with Gasteiger partial charge < -0.3 is 14.5 Å². The van der Waals surface area contributed by atoms with Crippen molar-refractivity contribution in [3.63, 3.8) is 0 Å². The Kier molecular flexibility index (Phi) is 4.21. The summed E-state index contributed by atoms with van der Waals surface area (Å²) in [6.45, 7) is 0.196. The van der Waals surface area contributed by atoms with Crippen molar-refractivity contribution in [3.05, 3.63) is 52.7 Å². The van der Waals surface area contributed by atoms with E-state index in [9.17, 15) is 4.79 Å². The van der Waals surface area contributed by atoms with Crippen LogP contribution in [-0.4, -0.2) is 23.0 Å². The van der Waals surface area contributed by atoms with Crippen LogP contribution < -0.4 is 10.1 Å². The first kappa shape index (κ1) is 15.8. The minimum Gasteiger partial charge on any atom is -0.497 e. The molecule has 0 radical (unpaired) electrons. The van der Waals surface area contributed by atoms with Gasteiger partial charge in [0.25, 0.3) is 5.91 Å². The van der Waals surface area contributed by atoms with Crippen molar-refractivity contribution in [2.75, 3.05) is 7.11 Å². The number of thiophene rings is 1. The highest BCUT2D eigenvalue weighted by Crippen LogP contribution is 2.27. The quantitative estimate of drug-likeness (QED) is 0.575. The smallest absolute Gasteiger partial charge is 0.271 e. The third kappa shape index (κ3) is 3.26. The molecule has 1 aromatic carbocycles. The van der Waals surface area contributed by atoms with Crippen LogP contribution in [0.1, 0.15) is 16.4 Å². The molecule has 126 valence electrons. The lowest BCUT2D eigenvalue weighted by atomic mass is 10.3. The van der Waals surface area contributed by atoms with Gasteiger partial charge in [0.2, 0.25) is 5.89 Å². The zero-order valence-corrected chi connectivity index (χ0v) is 14.8. The van der Waals surface area contributed by atoms with Crippen LogP contribution in [0.4, 0.5) is 0 Å². The Morgan fingerprint density at radius 3 is 3.00 bits per heavy atom.